The Morgan fingerprint density at radius 1 is 1.12 bits per heavy atom. The molecule has 0 aliphatic rings. The van der Waals surface area contributed by atoms with Crippen molar-refractivity contribution in [2.75, 3.05) is 26.0 Å². The SMILES string of the molecule is CCCCN(C)C(=O)c1ccc(Nc2ccc(C(=O)OC)cc2)cn1. The van der Waals surface area contributed by atoms with Crippen molar-refractivity contribution in [1.29, 1.82) is 0 Å². The molecule has 1 aromatic heterocycles. The van der Waals surface area contributed by atoms with Crippen molar-refractivity contribution in [2.45, 2.75) is 19.8 Å². The number of hydrogen-bond acceptors (Lipinski definition) is 5. The lowest BCUT2D eigenvalue weighted by atomic mass is 10.2. The van der Waals surface area contributed by atoms with E-state index in [9.17, 15) is 9.59 Å². The van der Waals surface area contributed by atoms with Crippen molar-refractivity contribution in [2.24, 2.45) is 0 Å². The Kier molecular flexibility index (Phi) is 6.51. The number of carbonyl (C=O) groups is 2. The molecule has 0 unspecified atom stereocenters. The first kappa shape index (κ1) is 18.4. The van der Waals surface area contributed by atoms with E-state index in [1.807, 2.05) is 6.07 Å². The highest BCUT2D eigenvalue weighted by Crippen LogP contribution is 2.17. The first-order valence-corrected chi connectivity index (χ1v) is 8.22. The van der Waals surface area contributed by atoms with Crippen LogP contribution in [0.15, 0.2) is 42.6 Å². The average molecular weight is 341 g/mol. The molecule has 0 bridgehead atoms. The fourth-order valence-electron chi connectivity index (χ4n) is 2.26. The van der Waals surface area contributed by atoms with Crippen LogP contribution in [0.3, 0.4) is 0 Å². The summed E-state index contributed by atoms with van der Waals surface area (Å²) in [6, 6.07) is 10.4. The van der Waals surface area contributed by atoms with Gasteiger partial charge in [0.1, 0.15) is 5.69 Å². The van der Waals surface area contributed by atoms with Gasteiger partial charge in [-0.25, -0.2) is 9.78 Å². The predicted octanol–water partition coefficient (Wildman–Crippen LogP) is 3.48. The topological polar surface area (TPSA) is 71.5 Å². The first-order valence-electron chi connectivity index (χ1n) is 8.22. The molecule has 6 nitrogen and oxygen atoms in total. The zero-order chi connectivity index (χ0) is 18.2. The van der Waals surface area contributed by atoms with Gasteiger partial charge in [-0.15, -0.1) is 0 Å². The molecular formula is C19H23N3O3. The van der Waals surface area contributed by atoms with Crippen LogP contribution in [-0.4, -0.2) is 42.5 Å². The molecule has 0 aliphatic heterocycles. The minimum Gasteiger partial charge on any atom is -0.465 e. The molecule has 0 aliphatic carbocycles. The lowest BCUT2D eigenvalue weighted by molar-refractivity contribution is 0.0600. The highest BCUT2D eigenvalue weighted by Gasteiger charge is 2.12. The summed E-state index contributed by atoms with van der Waals surface area (Å²) in [5.41, 5.74) is 2.49. The largest absolute Gasteiger partial charge is 0.465 e. The molecule has 2 rings (SSSR count). The molecular weight excluding hydrogens is 318 g/mol. The van der Waals surface area contributed by atoms with Crippen LogP contribution >= 0.6 is 0 Å². The summed E-state index contributed by atoms with van der Waals surface area (Å²) in [7, 11) is 3.14. The number of unbranched alkanes of at least 4 members (excludes halogenated alkanes) is 1. The summed E-state index contributed by atoms with van der Waals surface area (Å²) in [6.07, 6.45) is 3.64. The molecule has 0 radical (unpaired) electrons. The molecule has 1 heterocycles. The second-order valence-corrected chi connectivity index (χ2v) is 5.71. The zero-order valence-electron chi connectivity index (χ0n) is 14.8. The van der Waals surface area contributed by atoms with Crippen molar-refractivity contribution < 1.29 is 14.3 Å². The molecule has 2 aromatic rings. The van der Waals surface area contributed by atoms with Gasteiger partial charge in [-0.1, -0.05) is 13.3 Å². The third-order valence-corrected chi connectivity index (χ3v) is 3.77. The normalized spacial score (nSPS) is 10.2. The fourth-order valence-corrected chi connectivity index (χ4v) is 2.26. The highest BCUT2D eigenvalue weighted by atomic mass is 16.5. The summed E-state index contributed by atoms with van der Waals surface area (Å²) >= 11 is 0. The van der Waals surface area contributed by atoms with Crippen LogP contribution in [0.5, 0.6) is 0 Å². The Morgan fingerprint density at radius 2 is 1.80 bits per heavy atom. The molecule has 0 fully saturated rings. The molecule has 1 aromatic carbocycles. The number of anilines is 2. The molecule has 0 spiro atoms. The molecule has 0 saturated carbocycles. The lowest BCUT2D eigenvalue weighted by Gasteiger charge is -2.16. The predicted molar refractivity (Wildman–Crippen MR) is 97.2 cm³/mol. The second kappa shape index (κ2) is 8.82. The molecule has 0 atom stereocenters. The number of amides is 1. The molecule has 1 amide bonds. The Morgan fingerprint density at radius 3 is 2.36 bits per heavy atom. The van der Waals surface area contributed by atoms with Gasteiger partial charge in [-0.3, -0.25) is 4.79 Å². The lowest BCUT2D eigenvalue weighted by Crippen LogP contribution is -2.28. The Balaban J connectivity index is 2.00. The number of ether oxygens (including phenoxy) is 1. The molecule has 132 valence electrons. The number of carbonyl (C=O) groups excluding carboxylic acids is 2. The van der Waals surface area contributed by atoms with E-state index in [1.54, 1.807) is 48.5 Å². The average Bonchev–Trinajstić information content (AvgIpc) is 2.66. The van der Waals surface area contributed by atoms with Gasteiger partial charge in [0.25, 0.3) is 5.91 Å². The van der Waals surface area contributed by atoms with E-state index in [-0.39, 0.29) is 11.9 Å². The number of aromatic nitrogens is 1. The number of nitrogens with zero attached hydrogens (tertiary/aromatic N) is 2. The summed E-state index contributed by atoms with van der Waals surface area (Å²) in [6.45, 7) is 2.82. The van der Waals surface area contributed by atoms with Gasteiger partial charge in [0, 0.05) is 19.3 Å². The zero-order valence-corrected chi connectivity index (χ0v) is 14.8. The van der Waals surface area contributed by atoms with E-state index in [0.717, 1.165) is 30.8 Å². The van der Waals surface area contributed by atoms with E-state index in [1.165, 1.54) is 7.11 Å². The standard InChI is InChI=1S/C19H23N3O3/c1-4-5-12-22(2)18(23)17-11-10-16(13-20-17)21-15-8-6-14(7-9-15)19(24)25-3/h6-11,13,21H,4-5,12H2,1-3H3. The number of nitrogens with one attached hydrogen (secondary N) is 1. The maximum Gasteiger partial charge on any atom is 0.337 e. The number of rotatable bonds is 7. The third-order valence-electron chi connectivity index (χ3n) is 3.77. The maximum absolute atomic E-state index is 12.2. The maximum atomic E-state index is 12.2. The Hall–Kier alpha value is -2.89. The van der Waals surface area contributed by atoms with Crippen LogP contribution in [0.25, 0.3) is 0 Å². The number of esters is 1. The highest BCUT2D eigenvalue weighted by molar-refractivity contribution is 5.92. The van der Waals surface area contributed by atoms with Crippen LogP contribution in [0, 0.1) is 0 Å². The third kappa shape index (κ3) is 5.04. The number of hydrogen-bond donors (Lipinski definition) is 1. The van der Waals surface area contributed by atoms with Crippen molar-refractivity contribution in [3.63, 3.8) is 0 Å². The van der Waals surface area contributed by atoms with Gasteiger partial charge < -0.3 is 15.0 Å². The minimum atomic E-state index is -0.372. The Bertz CT molecular complexity index is 712. The van der Waals surface area contributed by atoms with Gasteiger partial charge in [-0.2, -0.15) is 0 Å². The monoisotopic (exact) mass is 341 g/mol. The van der Waals surface area contributed by atoms with Crippen LogP contribution in [0.4, 0.5) is 11.4 Å². The van der Waals surface area contributed by atoms with Crippen LogP contribution in [0.1, 0.15) is 40.6 Å². The van der Waals surface area contributed by atoms with Gasteiger partial charge >= 0.3 is 5.97 Å². The summed E-state index contributed by atoms with van der Waals surface area (Å²) in [4.78, 5) is 29.6. The summed E-state index contributed by atoms with van der Waals surface area (Å²) in [5, 5.41) is 3.18. The van der Waals surface area contributed by atoms with Gasteiger partial charge in [0.2, 0.25) is 0 Å². The van der Waals surface area contributed by atoms with Gasteiger partial charge in [0.15, 0.2) is 0 Å². The van der Waals surface area contributed by atoms with Crippen molar-refractivity contribution in [1.82, 2.24) is 9.88 Å². The Labute approximate surface area is 147 Å². The van der Waals surface area contributed by atoms with Crippen molar-refractivity contribution in [3.8, 4) is 0 Å². The molecule has 25 heavy (non-hydrogen) atoms. The molecule has 1 N–H and O–H groups in total. The van der Waals surface area contributed by atoms with E-state index in [2.05, 4.69) is 22.0 Å². The van der Waals surface area contributed by atoms with E-state index in [0.29, 0.717) is 11.3 Å². The van der Waals surface area contributed by atoms with Crippen LogP contribution in [0.2, 0.25) is 0 Å². The van der Waals surface area contributed by atoms with Crippen LogP contribution < -0.4 is 5.32 Å². The quantitative estimate of drug-likeness (QED) is 0.781. The molecule has 6 heteroatoms. The summed E-state index contributed by atoms with van der Waals surface area (Å²) in [5.74, 6) is -0.453. The number of benzene rings is 1. The van der Waals surface area contributed by atoms with E-state index >= 15 is 0 Å². The number of methoxy groups -OCH3 is 1. The van der Waals surface area contributed by atoms with Crippen molar-refractivity contribution >= 4 is 23.3 Å². The minimum absolute atomic E-state index is 0.0811. The first-order chi connectivity index (χ1) is 12.0. The van der Waals surface area contributed by atoms with Gasteiger partial charge in [0.05, 0.1) is 24.6 Å². The smallest absolute Gasteiger partial charge is 0.337 e. The van der Waals surface area contributed by atoms with Crippen LogP contribution in [-0.2, 0) is 4.74 Å². The van der Waals surface area contributed by atoms with Gasteiger partial charge in [-0.05, 0) is 42.8 Å². The van der Waals surface area contributed by atoms with Crippen molar-refractivity contribution in [3.05, 3.63) is 53.9 Å². The summed E-state index contributed by atoms with van der Waals surface area (Å²) < 4.78 is 4.67. The number of pyridine rings is 1. The van der Waals surface area contributed by atoms with E-state index < -0.39 is 0 Å². The molecule has 0 saturated heterocycles. The van der Waals surface area contributed by atoms with E-state index in [4.69, 9.17) is 0 Å². The fraction of sp³-hybridized carbons (Fsp3) is 0.316. The second-order valence-electron chi connectivity index (χ2n) is 5.71.